The van der Waals surface area contributed by atoms with E-state index < -0.39 is 4.92 Å². The normalized spacial score (nSPS) is 13.5. The molecule has 0 spiro atoms. The van der Waals surface area contributed by atoms with E-state index in [0.29, 0.717) is 170 Å². The summed E-state index contributed by atoms with van der Waals surface area (Å²) in [5, 5.41) is 14.0. The van der Waals surface area contributed by atoms with Gasteiger partial charge in [-0.25, -0.2) is 0 Å². The van der Waals surface area contributed by atoms with E-state index in [4.69, 9.17) is 61.6 Å². The number of non-ortho nitro benzene ring substituents is 1. The third kappa shape index (κ3) is 29.4. The molecular formula is C35H62N2O15. The maximum Gasteiger partial charge on any atom is 0.269 e. The minimum Gasteiger partial charge on any atom is -0.491 e. The lowest BCUT2D eigenvalue weighted by Gasteiger charge is -2.22. The molecule has 302 valence electrons. The Balaban J connectivity index is 1.13. The maximum atomic E-state index is 10.6. The molecule has 1 N–H and O–H groups in total. The molecular weight excluding hydrogens is 688 g/mol. The van der Waals surface area contributed by atoms with E-state index in [0.717, 1.165) is 25.9 Å². The Hall–Kier alpha value is -2.10. The molecule has 1 fully saturated rings. The molecule has 1 heterocycles. The number of rotatable bonds is 39. The Morgan fingerprint density at radius 3 is 1.06 bits per heavy atom. The second-order valence-corrected chi connectivity index (χ2v) is 11.2. The molecule has 2 rings (SSSR count). The topological polar surface area (TPSA) is 175 Å². The molecule has 17 nitrogen and oxygen atoms in total. The second kappa shape index (κ2) is 35.9. The van der Waals surface area contributed by atoms with Crippen LogP contribution in [0.4, 0.5) is 5.69 Å². The molecule has 0 aromatic heterocycles. The summed E-state index contributed by atoms with van der Waals surface area (Å²) in [5.41, 5.74) is 0.0252. The van der Waals surface area contributed by atoms with Gasteiger partial charge in [-0.15, -0.1) is 0 Å². The summed E-state index contributed by atoms with van der Waals surface area (Å²) in [7, 11) is 0. The van der Waals surface area contributed by atoms with Crippen molar-refractivity contribution in [3.63, 3.8) is 0 Å². The van der Waals surface area contributed by atoms with Gasteiger partial charge in [-0.1, -0.05) is 0 Å². The zero-order valence-corrected chi connectivity index (χ0v) is 30.8. The van der Waals surface area contributed by atoms with Gasteiger partial charge in [0.1, 0.15) is 12.4 Å². The maximum absolute atomic E-state index is 10.6. The summed E-state index contributed by atoms with van der Waals surface area (Å²) < 4.78 is 71.6. The third-order valence-electron chi connectivity index (χ3n) is 7.13. The van der Waals surface area contributed by atoms with Crippen molar-refractivity contribution < 1.29 is 66.5 Å². The summed E-state index contributed by atoms with van der Waals surface area (Å²) in [6.45, 7) is 13.9. The van der Waals surface area contributed by atoms with Gasteiger partial charge >= 0.3 is 0 Å². The molecule has 0 saturated carbocycles. The van der Waals surface area contributed by atoms with Crippen LogP contribution in [0.25, 0.3) is 0 Å². The second-order valence-electron chi connectivity index (χ2n) is 11.2. The highest BCUT2D eigenvalue weighted by atomic mass is 16.6. The standard InChI is InChI=1S/C35H62N2O15/c38-37(39)33-1-3-34(4-2-33)51-31-29-49-27-25-47-23-21-45-19-17-43-15-13-41-11-9-40-10-12-42-14-16-44-18-20-46-22-24-48-26-28-50-30-32-52-35-5-7-36-8-6-35/h1-4,35-36H,5-32H2. The van der Waals surface area contributed by atoms with Gasteiger partial charge in [-0.05, 0) is 38.1 Å². The number of piperidine rings is 1. The lowest BCUT2D eigenvalue weighted by atomic mass is 10.1. The predicted octanol–water partition coefficient (Wildman–Crippen LogP) is 1.92. The van der Waals surface area contributed by atoms with Gasteiger partial charge in [0.2, 0.25) is 0 Å². The average molecular weight is 751 g/mol. The summed E-state index contributed by atoms with van der Waals surface area (Å²) in [4.78, 5) is 10.2. The lowest BCUT2D eigenvalue weighted by molar-refractivity contribution is -0.384. The zero-order chi connectivity index (χ0) is 36.8. The lowest BCUT2D eigenvalue weighted by Crippen LogP contribution is -2.33. The van der Waals surface area contributed by atoms with Crippen molar-refractivity contribution >= 4 is 5.69 Å². The Bertz CT molecular complexity index is 913. The van der Waals surface area contributed by atoms with Crippen LogP contribution in [-0.2, 0) is 56.8 Å². The minimum atomic E-state index is -0.451. The van der Waals surface area contributed by atoms with Crippen molar-refractivity contribution in [1.29, 1.82) is 0 Å². The first-order valence-electron chi connectivity index (χ1n) is 18.3. The van der Waals surface area contributed by atoms with Gasteiger partial charge in [0.25, 0.3) is 5.69 Å². The fourth-order valence-corrected chi connectivity index (χ4v) is 4.42. The number of nitrogens with zero attached hydrogens (tertiary/aromatic N) is 1. The smallest absolute Gasteiger partial charge is 0.269 e. The Kier molecular flexibility index (Phi) is 31.8. The molecule has 0 aliphatic carbocycles. The highest BCUT2D eigenvalue weighted by Crippen LogP contribution is 2.17. The van der Waals surface area contributed by atoms with E-state index in [2.05, 4.69) is 5.32 Å². The van der Waals surface area contributed by atoms with Crippen LogP contribution >= 0.6 is 0 Å². The molecule has 0 bridgehead atoms. The minimum absolute atomic E-state index is 0.0252. The van der Waals surface area contributed by atoms with Crippen LogP contribution in [0.1, 0.15) is 12.8 Å². The molecule has 0 radical (unpaired) electrons. The fraction of sp³-hybridized carbons (Fsp3) is 0.829. The monoisotopic (exact) mass is 750 g/mol. The SMILES string of the molecule is O=[N+]([O-])c1ccc(OCCOCCOCCOCCOCCOCCOCCOCCOCCOCCOCCOCCOC2CCNCC2)cc1. The third-order valence-corrected chi connectivity index (χ3v) is 7.13. The average Bonchev–Trinajstić information content (AvgIpc) is 3.16. The van der Waals surface area contributed by atoms with Gasteiger partial charge in [0, 0.05) is 12.1 Å². The fourth-order valence-electron chi connectivity index (χ4n) is 4.42. The van der Waals surface area contributed by atoms with Crippen LogP contribution in [0.15, 0.2) is 24.3 Å². The van der Waals surface area contributed by atoms with E-state index in [9.17, 15) is 10.1 Å². The van der Waals surface area contributed by atoms with E-state index in [-0.39, 0.29) is 5.69 Å². The van der Waals surface area contributed by atoms with E-state index in [1.165, 1.54) is 12.1 Å². The Morgan fingerprint density at radius 1 is 0.462 bits per heavy atom. The van der Waals surface area contributed by atoms with Gasteiger partial charge in [-0.2, -0.15) is 0 Å². The zero-order valence-electron chi connectivity index (χ0n) is 30.8. The number of nitro benzene ring substituents is 1. The molecule has 1 aromatic carbocycles. The van der Waals surface area contributed by atoms with Gasteiger partial charge in [-0.3, -0.25) is 10.1 Å². The molecule has 1 aliphatic rings. The summed E-state index contributed by atoms with van der Waals surface area (Å²) in [6.07, 6.45) is 2.51. The van der Waals surface area contributed by atoms with Crippen LogP contribution < -0.4 is 10.1 Å². The van der Waals surface area contributed by atoms with E-state index in [1.807, 2.05) is 0 Å². The van der Waals surface area contributed by atoms with Crippen LogP contribution in [0.5, 0.6) is 5.75 Å². The van der Waals surface area contributed by atoms with Gasteiger partial charge < -0.3 is 66.9 Å². The van der Waals surface area contributed by atoms with Crippen molar-refractivity contribution in [3.8, 4) is 5.75 Å². The molecule has 0 unspecified atom stereocenters. The van der Waals surface area contributed by atoms with Crippen molar-refractivity contribution in [3.05, 3.63) is 34.4 Å². The number of hydrogen-bond acceptors (Lipinski definition) is 16. The Morgan fingerprint density at radius 2 is 0.750 bits per heavy atom. The number of hydrogen-bond donors (Lipinski definition) is 1. The van der Waals surface area contributed by atoms with Crippen LogP contribution in [0, 0.1) is 10.1 Å². The van der Waals surface area contributed by atoms with Crippen molar-refractivity contribution in [1.82, 2.24) is 5.32 Å². The first kappa shape index (κ1) is 46.1. The first-order chi connectivity index (χ1) is 25.8. The van der Waals surface area contributed by atoms with E-state index >= 15 is 0 Å². The molecule has 0 amide bonds. The highest BCUT2D eigenvalue weighted by Gasteiger charge is 2.12. The van der Waals surface area contributed by atoms with Crippen LogP contribution in [0.2, 0.25) is 0 Å². The van der Waals surface area contributed by atoms with Gasteiger partial charge in [0.05, 0.1) is 163 Å². The Labute approximate surface area is 308 Å². The molecule has 17 heteroatoms. The first-order valence-corrected chi connectivity index (χ1v) is 18.3. The molecule has 1 saturated heterocycles. The van der Waals surface area contributed by atoms with Crippen molar-refractivity contribution in [2.45, 2.75) is 18.9 Å². The summed E-state index contributed by atoms with van der Waals surface area (Å²) in [5.74, 6) is 0.556. The number of nitrogens with one attached hydrogen (secondary N) is 1. The molecule has 0 atom stereocenters. The van der Waals surface area contributed by atoms with Crippen LogP contribution in [0.3, 0.4) is 0 Å². The number of ether oxygens (including phenoxy) is 13. The predicted molar refractivity (Wildman–Crippen MR) is 189 cm³/mol. The summed E-state index contributed by atoms with van der Waals surface area (Å²) >= 11 is 0. The quantitative estimate of drug-likeness (QED) is 0.0587. The summed E-state index contributed by atoms with van der Waals surface area (Å²) in [6, 6.07) is 5.91. The largest absolute Gasteiger partial charge is 0.491 e. The van der Waals surface area contributed by atoms with Crippen molar-refractivity contribution in [2.24, 2.45) is 0 Å². The number of benzene rings is 1. The molecule has 1 aromatic rings. The van der Waals surface area contributed by atoms with Crippen LogP contribution in [-0.4, -0.2) is 183 Å². The van der Waals surface area contributed by atoms with Gasteiger partial charge in [0.15, 0.2) is 0 Å². The molecule has 1 aliphatic heterocycles. The van der Waals surface area contributed by atoms with Crippen molar-refractivity contribution in [2.75, 3.05) is 172 Å². The molecule has 52 heavy (non-hydrogen) atoms. The highest BCUT2D eigenvalue weighted by molar-refractivity contribution is 5.35. The number of nitro groups is 1. The van der Waals surface area contributed by atoms with E-state index in [1.54, 1.807) is 12.1 Å².